The predicted octanol–water partition coefficient (Wildman–Crippen LogP) is 0.604. The Hall–Kier alpha value is 0.420. The molecule has 0 aliphatic carbocycles. The maximum atomic E-state index is 11.7. The highest BCUT2D eigenvalue weighted by atomic mass is 35.5. The molecule has 0 spiro atoms. The van der Waals surface area contributed by atoms with E-state index in [0.717, 1.165) is 29.8 Å². The first-order valence-electron chi connectivity index (χ1n) is 4.05. The summed E-state index contributed by atoms with van der Waals surface area (Å²) in [5.41, 5.74) is 0. The van der Waals surface area contributed by atoms with Crippen molar-refractivity contribution in [2.45, 2.75) is 6.04 Å². The monoisotopic (exact) mass is 240 g/mol. The minimum absolute atomic E-state index is 0. The summed E-state index contributed by atoms with van der Waals surface area (Å²) in [6, 6.07) is 0.0914. The standard InChI is InChI=1S/C7H12N2OS2.ClH/c10-7(6-3-12-4-8-6)9-1-2-11-5-9;/h6,8H,1-5H2;1H. The molecule has 2 rings (SSSR count). The quantitative estimate of drug-likeness (QED) is 0.728. The summed E-state index contributed by atoms with van der Waals surface area (Å²) in [6.07, 6.45) is 0. The molecule has 1 amide bonds. The normalized spacial score (nSPS) is 27.4. The highest BCUT2D eigenvalue weighted by Crippen LogP contribution is 2.17. The van der Waals surface area contributed by atoms with E-state index >= 15 is 0 Å². The number of thioether (sulfide) groups is 2. The van der Waals surface area contributed by atoms with Gasteiger partial charge in [-0.15, -0.1) is 35.9 Å². The first-order chi connectivity index (χ1) is 5.88. The average Bonchev–Trinajstić information content (AvgIpc) is 2.77. The third kappa shape index (κ3) is 2.68. The van der Waals surface area contributed by atoms with Gasteiger partial charge in [0.15, 0.2) is 0 Å². The molecule has 0 aromatic rings. The molecule has 76 valence electrons. The lowest BCUT2D eigenvalue weighted by Crippen LogP contribution is -2.43. The summed E-state index contributed by atoms with van der Waals surface area (Å²) < 4.78 is 0. The van der Waals surface area contributed by atoms with E-state index in [1.165, 1.54) is 0 Å². The van der Waals surface area contributed by atoms with Crippen molar-refractivity contribution in [1.82, 2.24) is 10.2 Å². The fourth-order valence-electron chi connectivity index (χ4n) is 1.36. The van der Waals surface area contributed by atoms with Gasteiger partial charge in [-0.25, -0.2) is 0 Å². The molecular formula is C7H13ClN2OS2. The second-order valence-corrected chi connectivity index (χ2v) is 5.02. The van der Waals surface area contributed by atoms with Crippen LogP contribution in [0.5, 0.6) is 0 Å². The molecule has 13 heavy (non-hydrogen) atoms. The second kappa shape index (κ2) is 5.34. The van der Waals surface area contributed by atoms with Crippen LogP contribution in [0.4, 0.5) is 0 Å². The minimum Gasteiger partial charge on any atom is -0.331 e. The highest BCUT2D eigenvalue weighted by molar-refractivity contribution is 7.99. The van der Waals surface area contributed by atoms with Crippen molar-refractivity contribution in [3.8, 4) is 0 Å². The Morgan fingerprint density at radius 2 is 2.31 bits per heavy atom. The molecule has 3 nitrogen and oxygen atoms in total. The number of halogens is 1. The van der Waals surface area contributed by atoms with Crippen molar-refractivity contribution in [3.63, 3.8) is 0 Å². The van der Waals surface area contributed by atoms with Gasteiger partial charge in [-0.3, -0.25) is 10.1 Å². The molecule has 2 aliphatic rings. The van der Waals surface area contributed by atoms with Gasteiger partial charge in [-0.05, 0) is 0 Å². The lowest BCUT2D eigenvalue weighted by atomic mass is 10.3. The summed E-state index contributed by atoms with van der Waals surface area (Å²) in [4.78, 5) is 13.6. The summed E-state index contributed by atoms with van der Waals surface area (Å²) in [5.74, 6) is 4.16. The summed E-state index contributed by atoms with van der Waals surface area (Å²) in [7, 11) is 0. The van der Waals surface area contributed by atoms with Crippen molar-refractivity contribution in [2.24, 2.45) is 0 Å². The summed E-state index contributed by atoms with van der Waals surface area (Å²) >= 11 is 3.64. The van der Waals surface area contributed by atoms with E-state index < -0.39 is 0 Å². The van der Waals surface area contributed by atoms with E-state index in [2.05, 4.69) is 5.32 Å². The van der Waals surface area contributed by atoms with Crippen LogP contribution < -0.4 is 5.32 Å². The molecule has 2 saturated heterocycles. The molecule has 6 heteroatoms. The van der Waals surface area contributed by atoms with Crippen LogP contribution >= 0.6 is 35.9 Å². The van der Waals surface area contributed by atoms with Gasteiger partial charge in [0.2, 0.25) is 5.91 Å². The zero-order valence-electron chi connectivity index (χ0n) is 7.19. The van der Waals surface area contributed by atoms with Crippen molar-refractivity contribution in [3.05, 3.63) is 0 Å². The van der Waals surface area contributed by atoms with E-state index in [0.29, 0.717) is 5.91 Å². The highest BCUT2D eigenvalue weighted by Gasteiger charge is 2.28. The van der Waals surface area contributed by atoms with Crippen LogP contribution in [-0.4, -0.2) is 46.7 Å². The Morgan fingerprint density at radius 3 is 2.85 bits per heavy atom. The number of nitrogens with zero attached hydrogens (tertiary/aromatic N) is 1. The molecule has 2 fully saturated rings. The molecule has 0 aromatic heterocycles. The van der Waals surface area contributed by atoms with Gasteiger partial charge in [0.05, 0.1) is 11.9 Å². The van der Waals surface area contributed by atoms with Crippen LogP contribution in [0, 0.1) is 0 Å². The van der Waals surface area contributed by atoms with Crippen LogP contribution in [0.1, 0.15) is 0 Å². The molecule has 0 aromatic carbocycles. The van der Waals surface area contributed by atoms with Crippen molar-refractivity contribution in [2.75, 3.05) is 29.8 Å². The predicted molar refractivity (Wildman–Crippen MR) is 60.5 cm³/mol. The van der Waals surface area contributed by atoms with Crippen molar-refractivity contribution < 1.29 is 4.79 Å². The van der Waals surface area contributed by atoms with Crippen LogP contribution in [0.3, 0.4) is 0 Å². The SMILES string of the molecule is Cl.O=C(C1CSCN1)N1CCSC1. The Kier molecular flexibility index (Phi) is 4.72. The Labute approximate surface area is 92.8 Å². The largest absolute Gasteiger partial charge is 0.331 e. The molecule has 2 aliphatic heterocycles. The van der Waals surface area contributed by atoms with Gasteiger partial charge in [0, 0.05) is 23.9 Å². The minimum atomic E-state index is 0. The Morgan fingerprint density at radius 1 is 1.46 bits per heavy atom. The van der Waals surface area contributed by atoms with E-state index in [1.807, 2.05) is 16.7 Å². The molecule has 1 unspecified atom stereocenters. The van der Waals surface area contributed by atoms with Crippen LogP contribution in [0.15, 0.2) is 0 Å². The van der Waals surface area contributed by atoms with Gasteiger partial charge in [0.1, 0.15) is 0 Å². The number of amides is 1. The maximum absolute atomic E-state index is 11.7. The van der Waals surface area contributed by atoms with Gasteiger partial charge in [-0.2, -0.15) is 0 Å². The number of rotatable bonds is 1. The molecular weight excluding hydrogens is 228 g/mol. The fourth-order valence-corrected chi connectivity index (χ4v) is 3.25. The number of carbonyl (C=O) groups is 1. The van der Waals surface area contributed by atoms with Gasteiger partial charge in [0.25, 0.3) is 0 Å². The number of nitrogens with one attached hydrogen (secondary N) is 1. The summed E-state index contributed by atoms with van der Waals surface area (Å²) in [6.45, 7) is 0.937. The average molecular weight is 241 g/mol. The molecule has 0 radical (unpaired) electrons. The molecule has 1 atom stereocenters. The van der Waals surface area contributed by atoms with Gasteiger partial charge in [-0.1, -0.05) is 0 Å². The Bertz CT molecular complexity index is 163. The van der Waals surface area contributed by atoms with Crippen LogP contribution in [-0.2, 0) is 4.79 Å². The molecule has 2 heterocycles. The fraction of sp³-hybridized carbons (Fsp3) is 0.857. The van der Waals surface area contributed by atoms with E-state index in [9.17, 15) is 4.79 Å². The zero-order valence-corrected chi connectivity index (χ0v) is 9.64. The smallest absolute Gasteiger partial charge is 0.241 e. The van der Waals surface area contributed by atoms with Crippen molar-refractivity contribution in [1.29, 1.82) is 0 Å². The number of carbonyl (C=O) groups excluding carboxylic acids is 1. The van der Waals surface area contributed by atoms with E-state index in [-0.39, 0.29) is 18.4 Å². The molecule has 0 saturated carbocycles. The first-order valence-corrected chi connectivity index (χ1v) is 6.36. The van der Waals surface area contributed by atoms with Crippen LogP contribution in [0.25, 0.3) is 0 Å². The van der Waals surface area contributed by atoms with Gasteiger partial charge >= 0.3 is 0 Å². The second-order valence-electron chi connectivity index (χ2n) is 2.91. The third-order valence-electron chi connectivity index (χ3n) is 2.08. The topological polar surface area (TPSA) is 32.3 Å². The zero-order chi connectivity index (χ0) is 8.39. The first kappa shape index (κ1) is 11.5. The lowest BCUT2D eigenvalue weighted by Gasteiger charge is -2.18. The summed E-state index contributed by atoms with van der Waals surface area (Å²) in [5, 5.41) is 3.20. The van der Waals surface area contributed by atoms with E-state index in [4.69, 9.17) is 0 Å². The lowest BCUT2D eigenvalue weighted by molar-refractivity contribution is -0.131. The maximum Gasteiger partial charge on any atom is 0.241 e. The van der Waals surface area contributed by atoms with Gasteiger partial charge < -0.3 is 4.90 Å². The van der Waals surface area contributed by atoms with E-state index in [1.54, 1.807) is 11.8 Å². The number of hydrogen-bond acceptors (Lipinski definition) is 4. The Balaban J connectivity index is 0.000000845. The van der Waals surface area contributed by atoms with Crippen LogP contribution in [0.2, 0.25) is 0 Å². The van der Waals surface area contributed by atoms with Crippen molar-refractivity contribution >= 4 is 41.8 Å². The third-order valence-corrected chi connectivity index (χ3v) is 3.98. The molecule has 1 N–H and O–H groups in total. The number of hydrogen-bond donors (Lipinski definition) is 1. The molecule has 0 bridgehead atoms.